The van der Waals surface area contributed by atoms with Crippen molar-refractivity contribution in [3.05, 3.63) is 96.6 Å². The van der Waals surface area contributed by atoms with E-state index >= 15 is 0 Å². The van der Waals surface area contributed by atoms with Crippen LogP contribution in [-0.2, 0) is 19.1 Å². The molecule has 0 aliphatic carbocycles. The highest BCUT2D eigenvalue weighted by Gasteiger charge is 2.04. The predicted octanol–water partition coefficient (Wildman–Crippen LogP) is 8.62. The summed E-state index contributed by atoms with van der Waals surface area (Å²) in [4.78, 5) is 23.3. The van der Waals surface area contributed by atoms with E-state index in [2.05, 4.69) is 30.8 Å². The maximum Gasteiger partial charge on any atom is 0.333 e. The van der Waals surface area contributed by atoms with Gasteiger partial charge in [-0.1, -0.05) is 43.0 Å². The van der Waals surface area contributed by atoms with Gasteiger partial charge in [0.25, 0.3) is 0 Å². The molecule has 7 heteroatoms. The van der Waals surface area contributed by atoms with Crippen LogP contribution in [0.15, 0.2) is 91.0 Å². The van der Waals surface area contributed by atoms with Crippen molar-refractivity contribution < 1.29 is 33.3 Å². The van der Waals surface area contributed by atoms with Gasteiger partial charge < -0.3 is 23.7 Å². The molecule has 0 aliphatic rings. The maximum atomic E-state index is 11.9. The fraction of sp³-hybridized carbons (Fsp3) is 0.368. The molecule has 3 aromatic rings. The lowest BCUT2D eigenvalue weighted by molar-refractivity contribution is -0.139. The topological polar surface area (TPSA) is 80.3 Å². The molecule has 45 heavy (non-hydrogen) atoms. The number of hydrogen-bond acceptors (Lipinski definition) is 7. The van der Waals surface area contributed by atoms with Crippen molar-refractivity contribution in [2.24, 2.45) is 0 Å². The molecule has 0 heterocycles. The second-order valence-corrected chi connectivity index (χ2v) is 10.8. The summed E-state index contributed by atoms with van der Waals surface area (Å²) in [6.45, 7) is 7.39. The van der Waals surface area contributed by atoms with Gasteiger partial charge in [0.1, 0.15) is 17.2 Å². The second kappa shape index (κ2) is 20.4. The van der Waals surface area contributed by atoms with Crippen LogP contribution in [0.3, 0.4) is 0 Å². The van der Waals surface area contributed by atoms with Crippen molar-refractivity contribution >= 4 is 18.0 Å². The summed E-state index contributed by atoms with van der Waals surface area (Å²) >= 11 is 0. The molecular weight excluding hydrogens is 568 g/mol. The van der Waals surface area contributed by atoms with Crippen molar-refractivity contribution in [3.63, 3.8) is 0 Å². The van der Waals surface area contributed by atoms with Gasteiger partial charge in [-0.3, -0.25) is 0 Å². The molecule has 0 saturated carbocycles. The Morgan fingerprint density at radius 2 is 1.16 bits per heavy atom. The highest BCUT2D eigenvalue weighted by Crippen LogP contribution is 2.25. The molecule has 0 fully saturated rings. The van der Waals surface area contributed by atoms with Crippen LogP contribution >= 0.6 is 0 Å². The zero-order chi connectivity index (χ0) is 32.1. The smallest absolute Gasteiger partial charge is 0.333 e. The third-order valence-electron chi connectivity index (χ3n) is 6.99. The average Bonchev–Trinajstić information content (AvgIpc) is 3.06. The molecule has 0 aliphatic heterocycles. The molecule has 0 spiro atoms. The first-order valence-corrected chi connectivity index (χ1v) is 15.7. The molecule has 0 aromatic heterocycles. The van der Waals surface area contributed by atoms with E-state index in [1.165, 1.54) is 6.08 Å². The molecule has 3 rings (SSSR count). The van der Waals surface area contributed by atoms with E-state index < -0.39 is 0 Å². The Hall–Kier alpha value is -4.52. The minimum absolute atomic E-state index is 0.320. The van der Waals surface area contributed by atoms with Crippen LogP contribution in [0, 0.1) is 0 Å². The van der Waals surface area contributed by atoms with Gasteiger partial charge in [-0.2, -0.15) is 0 Å². The van der Waals surface area contributed by atoms with Crippen LogP contribution in [-0.4, -0.2) is 45.5 Å². The minimum atomic E-state index is -0.339. The number of esters is 2. The number of methoxy groups -OCH3 is 1. The lowest BCUT2D eigenvalue weighted by atomic mass is 10.1. The number of carbonyl (C=O) groups excluding carboxylic acids is 2. The molecule has 0 N–H and O–H groups in total. The predicted molar refractivity (Wildman–Crippen MR) is 179 cm³/mol. The maximum absolute atomic E-state index is 11.9. The molecule has 0 amide bonds. The molecule has 240 valence electrons. The Morgan fingerprint density at radius 3 is 1.67 bits per heavy atom. The van der Waals surface area contributed by atoms with Gasteiger partial charge in [0, 0.05) is 11.6 Å². The Kier molecular flexibility index (Phi) is 15.9. The van der Waals surface area contributed by atoms with Gasteiger partial charge in [-0.25, -0.2) is 9.59 Å². The van der Waals surface area contributed by atoms with Crippen LogP contribution < -0.4 is 14.2 Å². The van der Waals surface area contributed by atoms with Crippen molar-refractivity contribution in [1.82, 2.24) is 0 Å². The summed E-state index contributed by atoms with van der Waals surface area (Å²) in [5, 5.41) is 0. The van der Waals surface area contributed by atoms with Gasteiger partial charge in [-0.15, -0.1) is 0 Å². The summed E-state index contributed by atoms with van der Waals surface area (Å²) in [7, 11) is 1.61. The number of hydrogen-bond donors (Lipinski definition) is 0. The summed E-state index contributed by atoms with van der Waals surface area (Å²) in [5.41, 5.74) is 3.56. The number of carbonyl (C=O) groups is 2. The second-order valence-electron chi connectivity index (χ2n) is 10.8. The molecule has 0 saturated heterocycles. The third kappa shape index (κ3) is 14.2. The van der Waals surface area contributed by atoms with Crippen LogP contribution in [0.1, 0.15) is 63.9 Å². The first-order chi connectivity index (χ1) is 21.9. The number of ether oxygens (including phenoxy) is 5. The summed E-state index contributed by atoms with van der Waals surface area (Å²) in [6.07, 6.45) is 10.8. The molecule has 0 bridgehead atoms. The van der Waals surface area contributed by atoms with Crippen molar-refractivity contribution in [2.75, 3.05) is 33.5 Å². The Labute approximate surface area is 267 Å². The molecule has 3 aromatic carbocycles. The SMILES string of the molecule is C=C(C)C(=O)OCCCCCCOc1ccc(-c2ccc(OCCCCCCOC(=O)/C=C/c3cccc(OC)c3)cc2)cc1. The first kappa shape index (κ1) is 35.0. The largest absolute Gasteiger partial charge is 0.497 e. The van der Waals surface area contributed by atoms with Gasteiger partial charge in [-0.05, 0) is 117 Å². The van der Waals surface area contributed by atoms with Crippen LogP contribution in [0.5, 0.6) is 17.2 Å². The molecule has 0 atom stereocenters. The average molecular weight is 615 g/mol. The zero-order valence-electron chi connectivity index (χ0n) is 26.6. The van der Waals surface area contributed by atoms with E-state index in [-0.39, 0.29) is 11.9 Å². The number of unbranched alkanes of at least 4 members (excludes halogenated alkanes) is 6. The van der Waals surface area contributed by atoms with E-state index in [0.29, 0.717) is 32.0 Å². The van der Waals surface area contributed by atoms with E-state index in [9.17, 15) is 9.59 Å². The molecular formula is C38H46O7. The van der Waals surface area contributed by atoms with Crippen molar-refractivity contribution in [3.8, 4) is 28.4 Å². The van der Waals surface area contributed by atoms with E-state index in [0.717, 1.165) is 85.3 Å². The minimum Gasteiger partial charge on any atom is -0.497 e. The summed E-state index contributed by atoms with van der Waals surface area (Å²) in [6, 6.07) is 23.8. The van der Waals surface area contributed by atoms with Gasteiger partial charge in [0.05, 0.1) is 33.5 Å². The lowest BCUT2D eigenvalue weighted by Gasteiger charge is -2.09. The van der Waals surface area contributed by atoms with Crippen LogP contribution in [0.2, 0.25) is 0 Å². The van der Waals surface area contributed by atoms with Gasteiger partial charge >= 0.3 is 11.9 Å². The lowest BCUT2D eigenvalue weighted by Crippen LogP contribution is -2.06. The highest BCUT2D eigenvalue weighted by molar-refractivity contribution is 5.87. The van der Waals surface area contributed by atoms with E-state index in [1.54, 1.807) is 20.1 Å². The highest BCUT2D eigenvalue weighted by atomic mass is 16.5. The standard InChI is InChI=1S/C38H46O7/c1-30(2)38(40)45-28-11-7-5-9-26-43-35-22-18-33(19-23-35)32-16-20-34(21-17-32)42-25-8-4-6-10-27-44-37(39)24-15-31-13-12-14-36(29-31)41-3/h12-24,29H,1,4-11,25-28H2,2-3H3/b24-15+. The fourth-order valence-corrected chi connectivity index (χ4v) is 4.40. The van der Waals surface area contributed by atoms with Crippen LogP contribution in [0.4, 0.5) is 0 Å². The van der Waals surface area contributed by atoms with E-state index in [1.807, 2.05) is 48.5 Å². The van der Waals surface area contributed by atoms with Crippen LogP contribution in [0.25, 0.3) is 17.2 Å². The van der Waals surface area contributed by atoms with Crippen molar-refractivity contribution in [1.29, 1.82) is 0 Å². The van der Waals surface area contributed by atoms with Crippen molar-refractivity contribution in [2.45, 2.75) is 58.3 Å². The third-order valence-corrected chi connectivity index (χ3v) is 6.99. The summed E-state index contributed by atoms with van der Waals surface area (Å²) in [5.74, 6) is 1.80. The zero-order valence-corrected chi connectivity index (χ0v) is 26.6. The van der Waals surface area contributed by atoms with Gasteiger partial charge in [0.15, 0.2) is 0 Å². The van der Waals surface area contributed by atoms with Gasteiger partial charge in [0.2, 0.25) is 0 Å². The quantitative estimate of drug-likeness (QED) is 0.0675. The Balaban J connectivity index is 1.21. The number of rotatable bonds is 21. The molecule has 0 unspecified atom stereocenters. The normalized spacial score (nSPS) is 10.8. The molecule has 7 nitrogen and oxygen atoms in total. The number of benzene rings is 3. The Bertz CT molecular complexity index is 1340. The first-order valence-electron chi connectivity index (χ1n) is 15.7. The monoisotopic (exact) mass is 614 g/mol. The fourth-order valence-electron chi connectivity index (χ4n) is 4.40. The Morgan fingerprint density at radius 1 is 0.644 bits per heavy atom. The van der Waals surface area contributed by atoms with E-state index in [4.69, 9.17) is 23.7 Å². The molecule has 0 radical (unpaired) electrons. The summed E-state index contributed by atoms with van der Waals surface area (Å²) < 4.78 is 27.4.